The summed E-state index contributed by atoms with van der Waals surface area (Å²) < 4.78 is 12.0. The molecule has 18 nitrogen and oxygen atoms in total. The van der Waals surface area contributed by atoms with Crippen LogP contribution in [0.3, 0.4) is 0 Å². The fourth-order valence-corrected chi connectivity index (χ4v) is 6.89. The first-order valence-corrected chi connectivity index (χ1v) is 19.1. The molecule has 1 aliphatic rings. The van der Waals surface area contributed by atoms with Gasteiger partial charge in [0.1, 0.15) is 22.9 Å². The molecule has 5 heterocycles. The Bertz CT molecular complexity index is 2660. The number of anilines is 1. The van der Waals surface area contributed by atoms with Gasteiger partial charge in [-0.3, -0.25) is 24.7 Å². The average molecular weight is 787 g/mol. The number of fused-ring (bicyclic) bond motifs is 4. The van der Waals surface area contributed by atoms with Crippen LogP contribution in [0.4, 0.5) is 5.95 Å². The zero-order valence-corrected chi connectivity index (χ0v) is 32.8. The van der Waals surface area contributed by atoms with Crippen molar-refractivity contribution in [3.8, 4) is 17.4 Å². The second kappa shape index (κ2) is 16.6. The lowest BCUT2D eigenvalue weighted by atomic mass is 10.0. The minimum absolute atomic E-state index is 0.149. The number of nitrogens with zero attached hydrogens (tertiary/aromatic N) is 9. The smallest absolute Gasteiger partial charge is 0.276 e. The Kier molecular flexibility index (Phi) is 11.3. The molecule has 0 unspecified atom stereocenters. The standard InChI is InChI=1S/C40H46N14O4/c1-5-45-30(15-22(3)41)39(57)50-40-48-29-17-25(34(42)55)9-10-31(29)52(40)12-7-8-13-53-33-27(16-26(35(43)56)18-32(33)58-14-11-24-19-44-20-24)28-21-46-36(49-37(28)53)38-47-23(4)51-54(38)6-2/h7-10,15-18,21,24,44H,5-6,11-14,19-20,41H2,1-4H3,(H2,42,55)(H2,43,56)(H,48,50,57)/b8-7+,22-15-,45-30?. The highest BCUT2D eigenvalue weighted by Gasteiger charge is 2.23. The van der Waals surface area contributed by atoms with Gasteiger partial charge in [-0.25, -0.2) is 24.6 Å². The summed E-state index contributed by atoms with van der Waals surface area (Å²) in [7, 11) is 0. The zero-order valence-electron chi connectivity index (χ0n) is 32.8. The molecule has 8 N–H and O–H groups in total. The van der Waals surface area contributed by atoms with Crippen LogP contribution in [-0.2, 0) is 24.4 Å². The second-order valence-corrected chi connectivity index (χ2v) is 14.0. The molecule has 1 fully saturated rings. The first kappa shape index (κ1) is 39.3. The Balaban J connectivity index is 1.30. The number of primary amides is 2. The van der Waals surface area contributed by atoms with Crippen molar-refractivity contribution in [3.05, 3.63) is 77.4 Å². The van der Waals surface area contributed by atoms with Crippen LogP contribution in [0, 0.1) is 12.8 Å². The highest BCUT2D eigenvalue weighted by Crippen LogP contribution is 2.36. The molecule has 0 aliphatic carbocycles. The maximum Gasteiger partial charge on any atom is 0.276 e. The van der Waals surface area contributed by atoms with Gasteiger partial charge in [-0.1, -0.05) is 12.2 Å². The van der Waals surface area contributed by atoms with Gasteiger partial charge < -0.3 is 36.4 Å². The number of hydrogen-bond donors (Lipinski definition) is 5. The summed E-state index contributed by atoms with van der Waals surface area (Å²) in [4.78, 5) is 61.3. The van der Waals surface area contributed by atoms with Gasteiger partial charge in [0.25, 0.3) is 5.91 Å². The Morgan fingerprint density at radius 3 is 2.41 bits per heavy atom. The maximum atomic E-state index is 13.4. The number of allylic oxidation sites excluding steroid dienone is 3. The van der Waals surface area contributed by atoms with Crippen molar-refractivity contribution in [1.29, 1.82) is 0 Å². The van der Waals surface area contributed by atoms with Crippen molar-refractivity contribution in [2.45, 2.75) is 53.8 Å². The minimum atomic E-state index is -0.600. The van der Waals surface area contributed by atoms with Gasteiger partial charge >= 0.3 is 0 Å². The number of ether oxygens (including phenoxy) is 1. The number of aromatic nitrogens is 8. The molecule has 58 heavy (non-hydrogen) atoms. The van der Waals surface area contributed by atoms with Gasteiger partial charge in [-0.2, -0.15) is 5.10 Å². The summed E-state index contributed by atoms with van der Waals surface area (Å²) in [5.74, 6) is 1.10. The number of nitrogens with one attached hydrogen (secondary N) is 2. The third-order valence-electron chi connectivity index (χ3n) is 9.80. The molecule has 4 aromatic heterocycles. The van der Waals surface area contributed by atoms with Crippen LogP contribution < -0.4 is 32.6 Å². The van der Waals surface area contributed by atoms with Gasteiger partial charge in [0, 0.05) is 60.0 Å². The van der Waals surface area contributed by atoms with E-state index >= 15 is 0 Å². The normalized spacial score (nSPS) is 13.9. The molecule has 3 amide bonds. The number of benzene rings is 2. The topological polar surface area (TPSA) is 254 Å². The SMILES string of the molecule is CCN=C(/C=C(/C)N)C(=O)Nc1nc2cc(C(N)=O)ccc2n1C/C=C/Cn1c2nc(-c3nc(C)nn3CC)ncc2c2cc(C(N)=O)cc(OCCC3CNC3)c21. The van der Waals surface area contributed by atoms with Crippen LogP contribution in [0.1, 0.15) is 53.7 Å². The second-order valence-electron chi connectivity index (χ2n) is 14.0. The van der Waals surface area contributed by atoms with E-state index in [-0.39, 0.29) is 23.8 Å². The predicted octanol–water partition coefficient (Wildman–Crippen LogP) is 3.23. The fourth-order valence-electron chi connectivity index (χ4n) is 6.89. The number of rotatable bonds is 16. The van der Waals surface area contributed by atoms with Crippen LogP contribution in [0.5, 0.6) is 5.75 Å². The lowest BCUT2D eigenvalue weighted by Gasteiger charge is -2.26. The summed E-state index contributed by atoms with van der Waals surface area (Å²) in [6.07, 6.45) is 7.97. The molecule has 0 spiro atoms. The molecule has 300 valence electrons. The number of hydrogen-bond acceptors (Lipinski definition) is 12. The van der Waals surface area contributed by atoms with Gasteiger partial charge in [-0.05, 0) is 89.5 Å². The molecule has 1 aliphatic heterocycles. The number of nitrogens with two attached hydrogens (primary N) is 3. The van der Waals surface area contributed by atoms with E-state index < -0.39 is 17.7 Å². The monoisotopic (exact) mass is 786 g/mol. The third kappa shape index (κ3) is 7.99. The third-order valence-corrected chi connectivity index (χ3v) is 9.80. The van der Waals surface area contributed by atoms with Crippen LogP contribution in [-0.4, -0.2) is 88.5 Å². The molecule has 7 rings (SSSR count). The average Bonchev–Trinajstić information content (AvgIpc) is 3.83. The molecule has 1 saturated heterocycles. The number of imidazole rings is 1. The molecule has 2 aromatic carbocycles. The summed E-state index contributed by atoms with van der Waals surface area (Å²) in [6, 6.07) is 8.35. The van der Waals surface area contributed by atoms with Crippen LogP contribution in [0.15, 0.2) is 65.4 Å². The fraction of sp³-hybridized carbons (Fsp3) is 0.325. The van der Waals surface area contributed by atoms with E-state index in [1.54, 1.807) is 48.1 Å². The van der Waals surface area contributed by atoms with E-state index in [9.17, 15) is 14.4 Å². The highest BCUT2D eigenvalue weighted by molar-refractivity contribution is 6.47. The maximum absolute atomic E-state index is 13.4. The minimum Gasteiger partial charge on any atom is -0.491 e. The van der Waals surface area contributed by atoms with Crippen molar-refractivity contribution in [2.75, 3.05) is 31.6 Å². The highest BCUT2D eigenvalue weighted by atomic mass is 16.5. The number of amides is 3. The summed E-state index contributed by atoms with van der Waals surface area (Å²) in [5.41, 5.74) is 20.9. The molecule has 0 radical (unpaired) electrons. The Hall–Kier alpha value is -6.95. The van der Waals surface area contributed by atoms with Crippen molar-refractivity contribution in [2.24, 2.45) is 28.1 Å². The van der Waals surface area contributed by atoms with Gasteiger partial charge in [0.15, 0.2) is 11.6 Å². The van der Waals surface area contributed by atoms with Gasteiger partial charge in [-0.15, -0.1) is 0 Å². The lowest BCUT2D eigenvalue weighted by molar-refractivity contribution is -0.110. The van der Waals surface area contributed by atoms with Crippen LogP contribution >= 0.6 is 0 Å². The molecular formula is C40H46N14O4. The van der Waals surface area contributed by atoms with E-state index in [4.69, 9.17) is 31.9 Å². The number of carbonyl (C=O) groups excluding carboxylic acids is 3. The van der Waals surface area contributed by atoms with Crippen LogP contribution in [0.2, 0.25) is 0 Å². The number of aliphatic imine (C=N–C) groups is 1. The molecular weight excluding hydrogens is 741 g/mol. The van der Waals surface area contributed by atoms with Crippen molar-refractivity contribution in [3.63, 3.8) is 0 Å². The largest absolute Gasteiger partial charge is 0.491 e. The molecule has 0 atom stereocenters. The van der Waals surface area contributed by atoms with E-state index in [1.807, 2.05) is 42.1 Å². The van der Waals surface area contributed by atoms with Crippen molar-refractivity contribution in [1.82, 2.24) is 44.2 Å². The Labute approximate surface area is 333 Å². The first-order chi connectivity index (χ1) is 27.9. The summed E-state index contributed by atoms with van der Waals surface area (Å²) in [6.45, 7) is 11.1. The van der Waals surface area contributed by atoms with Gasteiger partial charge in [0.2, 0.25) is 17.8 Å². The van der Waals surface area contributed by atoms with Crippen molar-refractivity contribution >= 4 is 62.4 Å². The summed E-state index contributed by atoms with van der Waals surface area (Å²) >= 11 is 0. The molecule has 0 saturated carbocycles. The quantitative estimate of drug-likeness (QED) is 0.0703. The Morgan fingerprint density at radius 1 is 0.983 bits per heavy atom. The number of carbonyl (C=O) groups is 3. The van der Waals surface area contributed by atoms with E-state index in [0.717, 1.165) is 25.0 Å². The predicted molar refractivity (Wildman–Crippen MR) is 221 cm³/mol. The Morgan fingerprint density at radius 2 is 1.74 bits per heavy atom. The zero-order chi connectivity index (χ0) is 41.1. The summed E-state index contributed by atoms with van der Waals surface area (Å²) in [5, 5.41) is 12.1. The van der Waals surface area contributed by atoms with Crippen molar-refractivity contribution < 1.29 is 19.1 Å². The van der Waals surface area contributed by atoms with E-state index in [2.05, 4.69) is 30.7 Å². The first-order valence-electron chi connectivity index (χ1n) is 19.1. The van der Waals surface area contributed by atoms with E-state index in [1.165, 1.54) is 6.08 Å². The number of aryl methyl sites for hydroxylation is 2. The lowest BCUT2D eigenvalue weighted by Crippen LogP contribution is -2.42. The van der Waals surface area contributed by atoms with E-state index in [0.29, 0.717) is 94.1 Å². The molecule has 0 bridgehead atoms. The van der Waals surface area contributed by atoms with Gasteiger partial charge in [0.05, 0.1) is 23.2 Å². The molecule has 18 heteroatoms. The molecule has 6 aromatic rings. The van der Waals surface area contributed by atoms with Crippen LogP contribution in [0.25, 0.3) is 44.6 Å².